The van der Waals surface area contributed by atoms with Crippen molar-refractivity contribution < 1.29 is 10.0 Å². The number of nitrogens with zero attached hydrogens (tertiary/aromatic N) is 4. The molecule has 0 bridgehead atoms. The zero-order chi connectivity index (χ0) is 16.1. The van der Waals surface area contributed by atoms with Crippen LogP contribution in [0.25, 0.3) is 0 Å². The van der Waals surface area contributed by atoms with Crippen LogP contribution in [0.5, 0.6) is 0 Å². The summed E-state index contributed by atoms with van der Waals surface area (Å²) in [6.45, 7) is 0.701. The first-order chi connectivity index (χ1) is 10.5. The molecular weight excluding hydrogens is 351 g/mol. The number of aromatic nitrogens is 2. The Balaban J connectivity index is 2.35. The zero-order valence-corrected chi connectivity index (χ0v) is 13.6. The van der Waals surface area contributed by atoms with Gasteiger partial charge in [0.1, 0.15) is 5.15 Å². The molecule has 22 heavy (non-hydrogen) atoms. The Hall–Kier alpha value is -1.48. The van der Waals surface area contributed by atoms with E-state index in [1.807, 2.05) is 0 Å². The van der Waals surface area contributed by atoms with E-state index in [1.54, 1.807) is 11.1 Å². The van der Waals surface area contributed by atoms with E-state index < -0.39 is 4.92 Å². The molecule has 10 heteroatoms. The van der Waals surface area contributed by atoms with Crippen LogP contribution >= 0.6 is 34.5 Å². The molecule has 0 aliphatic heterocycles. The van der Waals surface area contributed by atoms with E-state index in [9.17, 15) is 10.1 Å². The second-order valence-corrected chi connectivity index (χ2v) is 6.40. The number of anilines is 1. The summed E-state index contributed by atoms with van der Waals surface area (Å²) in [5.41, 5.74) is -0.141. The lowest BCUT2D eigenvalue weighted by molar-refractivity contribution is -0.384. The highest BCUT2D eigenvalue weighted by molar-refractivity contribution is 7.15. The van der Waals surface area contributed by atoms with Crippen molar-refractivity contribution in [2.75, 3.05) is 18.1 Å². The van der Waals surface area contributed by atoms with E-state index in [0.29, 0.717) is 24.0 Å². The third kappa shape index (κ3) is 4.26. The van der Waals surface area contributed by atoms with E-state index in [0.717, 1.165) is 4.88 Å². The number of hydrogen-bond acceptors (Lipinski definition) is 7. The molecule has 2 aromatic rings. The third-order valence-electron chi connectivity index (χ3n) is 2.77. The highest BCUT2D eigenvalue weighted by atomic mass is 35.5. The lowest BCUT2D eigenvalue weighted by atomic mass is 10.3. The minimum absolute atomic E-state index is 0.0334. The van der Waals surface area contributed by atoms with E-state index in [2.05, 4.69) is 9.97 Å². The SMILES string of the molecule is O=[N+]([O-])c1ccc(Cl)nc1N(CCCO)Cc1cnc(Cl)s1. The number of halogens is 2. The third-order valence-corrected chi connectivity index (χ3v) is 4.09. The molecule has 118 valence electrons. The van der Waals surface area contributed by atoms with Crippen LogP contribution < -0.4 is 4.90 Å². The molecule has 2 rings (SSSR count). The summed E-state index contributed by atoms with van der Waals surface area (Å²) in [5, 5.41) is 20.4. The molecule has 0 aromatic carbocycles. The first-order valence-corrected chi connectivity index (χ1v) is 7.85. The van der Waals surface area contributed by atoms with Crippen LogP contribution in [0.15, 0.2) is 18.3 Å². The Bertz CT molecular complexity index is 668. The van der Waals surface area contributed by atoms with E-state index in [1.165, 1.54) is 23.5 Å². The molecular formula is C12H12Cl2N4O3S. The maximum Gasteiger partial charge on any atom is 0.311 e. The quantitative estimate of drug-likeness (QED) is 0.462. The number of rotatable bonds is 7. The standard InChI is InChI=1S/C12H12Cl2N4O3S/c13-10-3-2-9(18(20)21)11(16-10)17(4-1-5-19)7-8-6-15-12(14)22-8/h2-3,6,19H,1,4-5,7H2. The van der Waals surface area contributed by atoms with Crippen molar-refractivity contribution in [3.63, 3.8) is 0 Å². The summed E-state index contributed by atoms with van der Waals surface area (Å²) in [6, 6.07) is 2.69. The van der Waals surface area contributed by atoms with Gasteiger partial charge < -0.3 is 10.0 Å². The zero-order valence-electron chi connectivity index (χ0n) is 11.3. The fourth-order valence-electron chi connectivity index (χ4n) is 1.86. The van der Waals surface area contributed by atoms with Gasteiger partial charge >= 0.3 is 5.69 Å². The number of nitro groups is 1. The minimum atomic E-state index is -0.510. The number of hydrogen-bond donors (Lipinski definition) is 1. The van der Waals surface area contributed by atoms with Crippen molar-refractivity contribution in [3.8, 4) is 0 Å². The fourth-order valence-corrected chi connectivity index (χ4v) is 3.00. The number of pyridine rings is 1. The van der Waals surface area contributed by atoms with Crippen LogP contribution in [0.4, 0.5) is 11.5 Å². The number of thiazole rings is 1. The first-order valence-electron chi connectivity index (χ1n) is 6.28. The van der Waals surface area contributed by atoms with Crippen molar-refractivity contribution in [1.82, 2.24) is 9.97 Å². The normalized spacial score (nSPS) is 10.7. The molecule has 0 spiro atoms. The fraction of sp³-hybridized carbons (Fsp3) is 0.333. The molecule has 0 aliphatic carbocycles. The average Bonchev–Trinajstić information content (AvgIpc) is 2.88. The lowest BCUT2D eigenvalue weighted by Gasteiger charge is -2.22. The Labute approximate surface area is 140 Å². The topological polar surface area (TPSA) is 92.4 Å². The van der Waals surface area contributed by atoms with Gasteiger partial charge in [-0.3, -0.25) is 10.1 Å². The Morgan fingerprint density at radius 2 is 2.18 bits per heavy atom. The van der Waals surface area contributed by atoms with Crippen molar-refractivity contribution >= 4 is 46.0 Å². The Kier molecular flexibility index (Phi) is 5.90. The van der Waals surface area contributed by atoms with Crippen LogP contribution in [0.1, 0.15) is 11.3 Å². The van der Waals surface area contributed by atoms with Gasteiger partial charge in [-0.15, -0.1) is 11.3 Å². The van der Waals surface area contributed by atoms with Gasteiger partial charge in [0.2, 0.25) is 5.82 Å². The molecule has 0 fully saturated rings. The highest BCUT2D eigenvalue weighted by Crippen LogP contribution is 2.30. The smallest absolute Gasteiger partial charge is 0.311 e. The van der Waals surface area contributed by atoms with Crippen LogP contribution in [0.2, 0.25) is 9.62 Å². The maximum atomic E-state index is 11.2. The summed E-state index contributed by atoms with van der Waals surface area (Å²) in [5.74, 6) is 0.162. The number of aliphatic hydroxyl groups excluding tert-OH is 1. The maximum absolute atomic E-state index is 11.2. The summed E-state index contributed by atoms with van der Waals surface area (Å²) >= 11 is 13.0. The van der Waals surface area contributed by atoms with Gasteiger partial charge in [0.15, 0.2) is 4.47 Å². The van der Waals surface area contributed by atoms with Gasteiger partial charge in [-0.25, -0.2) is 9.97 Å². The van der Waals surface area contributed by atoms with Gasteiger partial charge in [-0.1, -0.05) is 23.2 Å². The molecule has 0 aliphatic rings. The predicted molar refractivity (Wildman–Crippen MR) is 85.8 cm³/mol. The molecule has 0 unspecified atom stereocenters. The second-order valence-electron chi connectivity index (χ2n) is 4.31. The van der Waals surface area contributed by atoms with Crippen LogP contribution in [-0.2, 0) is 6.54 Å². The molecule has 2 aromatic heterocycles. The molecule has 0 atom stereocenters. The van der Waals surface area contributed by atoms with Gasteiger partial charge in [-0.2, -0.15) is 0 Å². The number of aliphatic hydroxyl groups is 1. The minimum Gasteiger partial charge on any atom is -0.396 e. The van der Waals surface area contributed by atoms with Crippen LogP contribution in [-0.4, -0.2) is 33.1 Å². The monoisotopic (exact) mass is 362 g/mol. The molecule has 7 nitrogen and oxygen atoms in total. The van der Waals surface area contributed by atoms with Gasteiger partial charge in [-0.05, 0) is 12.5 Å². The molecule has 0 saturated carbocycles. The molecule has 0 saturated heterocycles. The second kappa shape index (κ2) is 7.68. The summed E-state index contributed by atoms with van der Waals surface area (Å²) in [7, 11) is 0. The first kappa shape index (κ1) is 16.9. The molecule has 1 N–H and O–H groups in total. The van der Waals surface area contributed by atoms with E-state index >= 15 is 0 Å². The highest BCUT2D eigenvalue weighted by Gasteiger charge is 2.22. The van der Waals surface area contributed by atoms with E-state index in [-0.39, 0.29) is 23.3 Å². The lowest BCUT2D eigenvalue weighted by Crippen LogP contribution is -2.26. The Morgan fingerprint density at radius 3 is 2.77 bits per heavy atom. The Morgan fingerprint density at radius 1 is 1.41 bits per heavy atom. The molecule has 0 amide bonds. The molecule has 0 radical (unpaired) electrons. The van der Waals surface area contributed by atoms with Crippen LogP contribution in [0, 0.1) is 10.1 Å². The predicted octanol–water partition coefficient (Wildman–Crippen LogP) is 3.14. The average molecular weight is 363 g/mol. The van der Waals surface area contributed by atoms with Crippen LogP contribution in [0.3, 0.4) is 0 Å². The van der Waals surface area contributed by atoms with Gasteiger partial charge in [0, 0.05) is 30.3 Å². The molecule has 2 heterocycles. The van der Waals surface area contributed by atoms with Crippen molar-refractivity contribution in [2.24, 2.45) is 0 Å². The van der Waals surface area contributed by atoms with Gasteiger partial charge in [0.05, 0.1) is 11.5 Å². The van der Waals surface area contributed by atoms with Crippen molar-refractivity contribution in [1.29, 1.82) is 0 Å². The van der Waals surface area contributed by atoms with Crippen molar-refractivity contribution in [2.45, 2.75) is 13.0 Å². The largest absolute Gasteiger partial charge is 0.396 e. The summed E-state index contributed by atoms with van der Waals surface area (Å²) in [6.07, 6.45) is 2.05. The van der Waals surface area contributed by atoms with E-state index in [4.69, 9.17) is 28.3 Å². The summed E-state index contributed by atoms with van der Waals surface area (Å²) < 4.78 is 0.394. The van der Waals surface area contributed by atoms with Gasteiger partial charge in [0.25, 0.3) is 0 Å². The van der Waals surface area contributed by atoms with Crippen molar-refractivity contribution in [3.05, 3.63) is 42.9 Å². The summed E-state index contributed by atoms with van der Waals surface area (Å²) in [4.78, 5) is 21.2.